The lowest BCUT2D eigenvalue weighted by Gasteiger charge is -2.32. The highest BCUT2D eigenvalue weighted by atomic mass is 16.5. The van der Waals surface area contributed by atoms with Crippen molar-refractivity contribution in [2.45, 2.75) is 58.0 Å². The van der Waals surface area contributed by atoms with Gasteiger partial charge in [-0.3, -0.25) is 4.79 Å². The van der Waals surface area contributed by atoms with E-state index in [1.54, 1.807) is 0 Å². The predicted molar refractivity (Wildman–Crippen MR) is 110 cm³/mol. The van der Waals surface area contributed by atoms with Crippen LogP contribution in [-0.2, 0) is 20.7 Å². The highest BCUT2D eigenvalue weighted by Gasteiger charge is 2.22. The van der Waals surface area contributed by atoms with Gasteiger partial charge in [-0.05, 0) is 69.1 Å². The van der Waals surface area contributed by atoms with Crippen LogP contribution in [0.5, 0.6) is 5.75 Å². The van der Waals surface area contributed by atoms with Gasteiger partial charge in [0.2, 0.25) is 5.91 Å². The molecule has 2 heterocycles. The number of benzene rings is 1. The van der Waals surface area contributed by atoms with Crippen molar-refractivity contribution in [3.8, 4) is 5.75 Å². The lowest BCUT2D eigenvalue weighted by molar-refractivity contribution is -0.134. The summed E-state index contributed by atoms with van der Waals surface area (Å²) in [7, 11) is 0. The molecule has 1 aromatic carbocycles. The summed E-state index contributed by atoms with van der Waals surface area (Å²) in [6.07, 6.45) is 7.45. The Labute approximate surface area is 169 Å². The van der Waals surface area contributed by atoms with Crippen molar-refractivity contribution in [1.29, 1.82) is 0 Å². The Morgan fingerprint density at radius 3 is 2.64 bits per heavy atom. The molecule has 156 valence electrons. The van der Waals surface area contributed by atoms with Crippen molar-refractivity contribution < 1.29 is 19.0 Å². The SMILES string of the molecule is CCOc1ccc(CCC2CCN(C(=O)CCOCC3CCCO3)CC2)cc1. The molecule has 2 aliphatic rings. The fraction of sp³-hybridized carbons (Fsp3) is 0.696. The van der Waals surface area contributed by atoms with Crippen molar-refractivity contribution in [2.24, 2.45) is 5.92 Å². The minimum atomic E-state index is 0.234. The van der Waals surface area contributed by atoms with Gasteiger partial charge in [0.15, 0.2) is 0 Å². The number of carbonyl (C=O) groups excluding carboxylic acids is 1. The van der Waals surface area contributed by atoms with Crippen LogP contribution in [0.1, 0.15) is 51.0 Å². The van der Waals surface area contributed by atoms with E-state index in [1.165, 1.54) is 12.0 Å². The first kappa shape index (κ1) is 21.1. The van der Waals surface area contributed by atoms with Crippen LogP contribution in [-0.4, -0.2) is 56.4 Å². The van der Waals surface area contributed by atoms with Crippen molar-refractivity contribution in [3.05, 3.63) is 29.8 Å². The van der Waals surface area contributed by atoms with Crippen LogP contribution in [0, 0.1) is 5.92 Å². The number of nitrogens with zero attached hydrogens (tertiary/aromatic N) is 1. The summed E-state index contributed by atoms with van der Waals surface area (Å²) >= 11 is 0. The minimum Gasteiger partial charge on any atom is -0.494 e. The Balaban J connectivity index is 1.27. The van der Waals surface area contributed by atoms with Crippen molar-refractivity contribution in [3.63, 3.8) is 0 Å². The highest BCUT2D eigenvalue weighted by Crippen LogP contribution is 2.23. The molecular weight excluding hydrogens is 354 g/mol. The van der Waals surface area contributed by atoms with Gasteiger partial charge in [-0.1, -0.05) is 12.1 Å². The largest absolute Gasteiger partial charge is 0.494 e. The zero-order valence-electron chi connectivity index (χ0n) is 17.2. The maximum Gasteiger partial charge on any atom is 0.224 e. The van der Waals surface area contributed by atoms with E-state index in [0.717, 1.165) is 57.6 Å². The Morgan fingerprint density at radius 2 is 1.96 bits per heavy atom. The molecule has 5 nitrogen and oxygen atoms in total. The summed E-state index contributed by atoms with van der Waals surface area (Å²) in [5.41, 5.74) is 1.37. The molecule has 1 unspecified atom stereocenters. The normalized spacial score (nSPS) is 20.5. The Bertz CT molecular complexity index is 575. The molecular formula is C23H35NO4. The molecule has 5 heteroatoms. The van der Waals surface area contributed by atoms with E-state index in [4.69, 9.17) is 14.2 Å². The first-order valence-electron chi connectivity index (χ1n) is 10.9. The molecule has 1 atom stereocenters. The topological polar surface area (TPSA) is 48.0 Å². The summed E-state index contributed by atoms with van der Waals surface area (Å²) in [4.78, 5) is 14.4. The van der Waals surface area contributed by atoms with Gasteiger partial charge in [-0.25, -0.2) is 0 Å². The third-order valence-corrected chi connectivity index (χ3v) is 5.83. The minimum absolute atomic E-state index is 0.234. The number of amides is 1. The van der Waals surface area contributed by atoms with E-state index in [9.17, 15) is 4.79 Å². The van der Waals surface area contributed by atoms with E-state index in [0.29, 0.717) is 32.2 Å². The second-order valence-electron chi connectivity index (χ2n) is 7.90. The summed E-state index contributed by atoms with van der Waals surface area (Å²) in [5, 5.41) is 0. The number of ether oxygens (including phenoxy) is 3. The second kappa shape index (κ2) is 11.4. The molecule has 0 bridgehead atoms. The first-order chi connectivity index (χ1) is 13.7. The van der Waals surface area contributed by atoms with E-state index in [-0.39, 0.29) is 12.0 Å². The molecule has 0 N–H and O–H groups in total. The Kier molecular flexibility index (Phi) is 8.62. The fourth-order valence-corrected chi connectivity index (χ4v) is 4.07. The van der Waals surface area contributed by atoms with Crippen LogP contribution in [0.3, 0.4) is 0 Å². The van der Waals surface area contributed by atoms with Gasteiger partial charge >= 0.3 is 0 Å². The molecule has 0 saturated carbocycles. The number of rotatable bonds is 10. The molecule has 2 saturated heterocycles. The average molecular weight is 390 g/mol. The van der Waals surface area contributed by atoms with E-state index in [2.05, 4.69) is 24.3 Å². The number of hydrogen-bond acceptors (Lipinski definition) is 4. The average Bonchev–Trinajstić information content (AvgIpc) is 3.25. The predicted octanol–water partition coefficient (Wildman–Crippen LogP) is 3.84. The zero-order chi connectivity index (χ0) is 19.6. The first-order valence-corrected chi connectivity index (χ1v) is 10.9. The van der Waals surface area contributed by atoms with Gasteiger partial charge in [-0.2, -0.15) is 0 Å². The second-order valence-corrected chi connectivity index (χ2v) is 7.90. The monoisotopic (exact) mass is 389 g/mol. The molecule has 3 rings (SSSR count). The molecule has 2 aliphatic heterocycles. The number of hydrogen-bond donors (Lipinski definition) is 0. The summed E-state index contributed by atoms with van der Waals surface area (Å²) in [6, 6.07) is 8.45. The van der Waals surface area contributed by atoms with E-state index >= 15 is 0 Å². The number of aryl methyl sites for hydroxylation is 1. The Morgan fingerprint density at radius 1 is 1.18 bits per heavy atom. The standard InChI is InChI=1S/C23H35NO4/c1-2-27-21-9-7-19(8-10-21)5-6-20-11-14-24(15-12-20)23(25)13-17-26-18-22-4-3-16-28-22/h7-10,20,22H,2-6,11-18H2,1H3. The number of carbonyl (C=O) groups is 1. The quantitative estimate of drug-likeness (QED) is 0.571. The van der Waals surface area contributed by atoms with E-state index in [1.807, 2.05) is 11.8 Å². The zero-order valence-corrected chi connectivity index (χ0v) is 17.2. The maximum absolute atomic E-state index is 12.4. The Hall–Kier alpha value is -1.59. The lowest BCUT2D eigenvalue weighted by Crippen LogP contribution is -2.39. The number of likely N-dealkylation sites (tertiary alicyclic amines) is 1. The van der Waals surface area contributed by atoms with Gasteiger partial charge < -0.3 is 19.1 Å². The molecule has 1 aromatic rings. The van der Waals surface area contributed by atoms with Gasteiger partial charge in [0.05, 0.1) is 32.3 Å². The van der Waals surface area contributed by atoms with Gasteiger partial charge in [-0.15, -0.1) is 0 Å². The number of piperidine rings is 1. The smallest absolute Gasteiger partial charge is 0.224 e. The van der Waals surface area contributed by atoms with Crippen LogP contribution in [0.15, 0.2) is 24.3 Å². The molecule has 0 aromatic heterocycles. The van der Waals surface area contributed by atoms with Gasteiger partial charge in [0, 0.05) is 19.7 Å². The van der Waals surface area contributed by atoms with E-state index < -0.39 is 0 Å². The fourth-order valence-electron chi connectivity index (χ4n) is 4.07. The van der Waals surface area contributed by atoms with Gasteiger partial charge in [0.1, 0.15) is 5.75 Å². The third kappa shape index (κ3) is 6.78. The van der Waals surface area contributed by atoms with Crippen LogP contribution < -0.4 is 4.74 Å². The summed E-state index contributed by atoms with van der Waals surface area (Å²) in [5.74, 6) is 1.89. The van der Waals surface area contributed by atoms with Crippen LogP contribution >= 0.6 is 0 Å². The maximum atomic E-state index is 12.4. The summed E-state index contributed by atoms with van der Waals surface area (Å²) in [6.45, 7) is 6.47. The van der Waals surface area contributed by atoms with Crippen LogP contribution in [0.2, 0.25) is 0 Å². The van der Waals surface area contributed by atoms with Crippen LogP contribution in [0.4, 0.5) is 0 Å². The van der Waals surface area contributed by atoms with Crippen molar-refractivity contribution >= 4 is 5.91 Å². The highest BCUT2D eigenvalue weighted by molar-refractivity contribution is 5.76. The summed E-state index contributed by atoms with van der Waals surface area (Å²) < 4.78 is 16.7. The van der Waals surface area contributed by atoms with Gasteiger partial charge in [0.25, 0.3) is 0 Å². The molecule has 2 fully saturated rings. The molecule has 0 spiro atoms. The van der Waals surface area contributed by atoms with Crippen LogP contribution in [0.25, 0.3) is 0 Å². The van der Waals surface area contributed by atoms with Crippen molar-refractivity contribution in [2.75, 3.05) is 39.5 Å². The molecule has 0 radical (unpaired) electrons. The van der Waals surface area contributed by atoms with Crippen molar-refractivity contribution in [1.82, 2.24) is 4.90 Å². The molecule has 1 amide bonds. The molecule has 0 aliphatic carbocycles. The lowest BCUT2D eigenvalue weighted by atomic mass is 9.90. The third-order valence-electron chi connectivity index (χ3n) is 5.83. The molecule has 28 heavy (non-hydrogen) atoms.